The molecule has 142 valence electrons. The highest BCUT2D eigenvalue weighted by Gasteiger charge is 2.29. The molecule has 1 aliphatic rings. The molecule has 0 saturated heterocycles. The lowest BCUT2D eigenvalue weighted by Gasteiger charge is -2.28. The van der Waals surface area contributed by atoms with Gasteiger partial charge in [-0.15, -0.1) is 12.4 Å². The number of aromatic nitrogens is 2. The Morgan fingerprint density at radius 2 is 1.85 bits per heavy atom. The van der Waals surface area contributed by atoms with Gasteiger partial charge in [-0.1, -0.05) is 30.4 Å². The minimum absolute atomic E-state index is 0. The SMILES string of the molecule is CNCC(O)[C@H](C1=CC=CCC1)n1c(=O)n(C(C)C)c2ccccc21.Cl. The monoisotopic (exact) mass is 377 g/mol. The van der Waals surface area contributed by atoms with Crippen molar-refractivity contribution in [2.24, 2.45) is 0 Å². The summed E-state index contributed by atoms with van der Waals surface area (Å²) < 4.78 is 3.59. The predicted octanol–water partition coefficient (Wildman–Crippen LogP) is 3.20. The Balaban J connectivity index is 0.00000243. The number of nitrogens with one attached hydrogen (secondary N) is 1. The summed E-state index contributed by atoms with van der Waals surface area (Å²) in [5, 5.41) is 13.9. The van der Waals surface area contributed by atoms with Crippen molar-refractivity contribution < 1.29 is 5.11 Å². The molecule has 2 atom stereocenters. The highest BCUT2D eigenvalue weighted by atomic mass is 35.5. The molecule has 26 heavy (non-hydrogen) atoms. The Morgan fingerprint density at radius 1 is 1.19 bits per heavy atom. The van der Waals surface area contributed by atoms with Gasteiger partial charge in [0.05, 0.1) is 23.2 Å². The standard InChI is InChI=1S/C20H27N3O2.ClH/c1-14(2)22-16-11-7-8-12-17(16)23(20(22)25)19(18(24)13-21-3)15-9-5-4-6-10-15;/h4-5,7-9,11-12,14,18-19,21,24H,6,10,13H2,1-3H3;1H/t18?,19-;/m0./s1. The molecule has 2 N–H and O–H groups in total. The molecule has 1 heterocycles. The Kier molecular flexibility index (Phi) is 6.87. The van der Waals surface area contributed by atoms with Crippen LogP contribution in [0.5, 0.6) is 0 Å². The number of para-hydroxylation sites is 2. The maximum Gasteiger partial charge on any atom is 0.330 e. The summed E-state index contributed by atoms with van der Waals surface area (Å²) in [5.74, 6) is 0. The van der Waals surface area contributed by atoms with Crippen molar-refractivity contribution in [2.45, 2.75) is 44.9 Å². The molecule has 0 saturated carbocycles. The molecule has 1 aromatic carbocycles. The summed E-state index contributed by atoms with van der Waals surface area (Å²) in [6, 6.07) is 7.53. The van der Waals surface area contributed by atoms with Crippen LogP contribution in [0, 0.1) is 0 Å². The first-order valence-electron chi connectivity index (χ1n) is 8.96. The van der Waals surface area contributed by atoms with Crippen LogP contribution in [-0.4, -0.2) is 33.9 Å². The molecular weight excluding hydrogens is 350 g/mol. The maximum absolute atomic E-state index is 13.3. The smallest absolute Gasteiger partial charge is 0.330 e. The van der Waals surface area contributed by atoms with Gasteiger partial charge in [-0.3, -0.25) is 9.13 Å². The van der Waals surface area contributed by atoms with Crippen molar-refractivity contribution in [2.75, 3.05) is 13.6 Å². The van der Waals surface area contributed by atoms with E-state index in [2.05, 4.69) is 11.4 Å². The van der Waals surface area contributed by atoms with Gasteiger partial charge in [-0.25, -0.2) is 4.79 Å². The van der Waals surface area contributed by atoms with Crippen LogP contribution in [0.15, 0.2) is 52.9 Å². The van der Waals surface area contributed by atoms with Crippen molar-refractivity contribution in [3.05, 3.63) is 58.6 Å². The van der Waals surface area contributed by atoms with E-state index in [4.69, 9.17) is 0 Å². The lowest BCUT2D eigenvalue weighted by atomic mass is 9.93. The van der Waals surface area contributed by atoms with Gasteiger partial charge in [0.1, 0.15) is 0 Å². The van der Waals surface area contributed by atoms with Gasteiger partial charge in [0.25, 0.3) is 0 Å². The quantitative estimate of drug-likeness (QED) is 0.812. The van der Waals surface area contributed by atoms with Crippen LogP contribution in [0.3, 0.4) is 0 Å². The molecule has 5 nitrogen and oxygen atoms in total. The number of benzene rings is 1. The maximum atomic E-state index is 13.3. The van der Waals surface area contributed by atoms with E-state index in [1.165, 1.54) is 0 Å². The number of fused-ring (bicyclic) bond motifs is 1. The van der Waals surface area contributed by atoms with E-state index in [1.807, 2.05) is 61.9 Å². The summed E-state index contributed by atoms with van der Waals surface area (Å²) in [4.78, 5) is 13.3. The molecule has 1 aromatic heterocycles. The molecule has 0 aliphatic heterocycles. The summed E-state index contributed by atoms with van der Waals surface area (Å²) in [6.07, 6.45) is 7.30. The van der Waals surface area contributed by atoms with Crippen LogP contribution in [0.2, 0.25) is 0 Å². The van der Waals surface area contributed by atoms with Crippen molar-refractivity contribution in [1.29, 1.82) is 0 Å². The van der Waals surface area contributed by atoms with Crippen LogP contribution in [0.4, 0.5) is 0 Å². The number of aliphatic hydroxyl groups is 1. The zero-order valence-electron chi connectivity index (χ0n) is 15.6. The van der Waals surface area contributed by atoms with Crippen LogP contribution >= 0.6 is 12.4 Å². The number of allylic oxidation sites excluding steroid dienone is 3. The number of hydrogen-bond donors (Lipinski definition) is 2. The second kappa shape index (κ2) is 8.71. The fourth-order valence-corrected chi connectivity index (χ4v) is 3.74. The van der Waals surface area contributed by atoms with Gasteiger partial charge in [-0.05, 0) is 51.4 Å². The van der Waals surface area contributed by atoms with Crippen molar-refractivity contribution in [1.82, 2.24) is 14.5 Å². The highest BCUT2D eigenvalue weighted by molar-refractivity contribution is 5.85. The van der Waals surface area contributed by atoms with Gasteiger partial charge in [0.15, 0.2) is 0 Å². The fraction of sp³-hybridized carbons (Fsp3) is 0.450. The molecular formula is C20H28ClN3O2. The van der Waals surface area contributed by atoms with E-state index in [9.17, 15) is 9.90 Å². The zero-order valence-corrected chi connectivity index (χ0v) is 16.4. The Labute approximate surface area is 160 Å². The number of likely N-dealkylation sites (N-methyl/N-ethyl adjacent to an activating group) is 1. The van der Waals surface area contributed by atoms with E-state index in [-0.39, 0.29) is 30.2 Å². The van der Waals surface area contributed by atoms with Crippen LogP contribution in [0.1, 0.15) is 38.8 Å². The van der Waals surface area contributed by atoms with E-state index < -0.39 is 6.10 Å². The number of halogens is 1. The van der Waals surface area contributed by atoms with Gasteiger partial charge in [0.2, 0.25) is 0 Å². The minimum Gasteiger partial charge on any atom is -0.389 e. The highest BCUT2D eigenvalue weighted by Crippen LogP contribution is 2.31. The van der Waals surface area contributed by atoms with Crippen molar-refractivity contribution in [3.63, 3.8) is 0 Å². The number of imidazole rings is 1. The first kappa shape index (κ1) is 20.5. The third-order valence-corrected chi connectivity index (χ3v) is 4.81. The number of aliphatic hydroxyl groups excluding tert-OH is 1. The Bertz CT molecular complexity index is 864. The minimum atomic E-state index is -0.674. The topological polar surface area (TPSA) is 59.2 Å². The first-order valence-corrected chi connectivity index (χ1v) is 8.96. The molecule has 0 bridgehead atoms. The lowest BCUT2D eigenvalue weighted by Crippen LogP contribution is -2.39. The summed E-state index contributed by atoms with van der Waals surface area (Å²) in [5.41, 5.74) is 2.82. The summed E-state index contributed by atoms with van der Waals surface area (Å²) in [6.45, 7) is 4.46. The average molecular weight is 378 g/mol. The molecule has 0 spiro atoms. The molecule has 0 amide bonds. The van der Waals surface area contributed by atoms with Gasteiger partial charge in [0, 0.05) is 12.6 Å². The van der Waals surface area contributed by atoms with Gasteiger partial charge < -0.3 is 10.4 Å². The second-order valence-electron chi connectivity index (χ2n) is 6.88. The molecule has 0 radical (unpaired) electrons. The predicted molar refractivity (Wildman–Crippen MR) is 109 cm³/mol. The summed E-state index contributed by atoms with van der Waals surface area (Å²) in [7, 11) is 1.82. The lowest BCUT2D eigenvalue weighted by molar-refractivity contribution is 0.127. The molecule has 0 fully saturated rings. The van der Waals surface area contributed by atoms with Crippen LogP contribution in [0.25, 0.3) is 11.0 Å². The first-order chi connectivity index (χ1) is 12.1. The van der Waals surface area contributed by atoms with Crippen LogP contribution in [-0.2, 0) is 0 Å². The number of nitrogens with zero attached hydrogens (tertiary/aromatic N) is 2. The van der Waals surface area contributed by atoms with Gasteiger partial charge >= 0.3 is 5.69 Å². The largest absolute Gasteiger partial charge is 0.389 e. The van der Waals surface area contributed by atoms with Gasteiger partial charge in [-0.2, -0.15) is 0 Å². The fourth-order valence-electron chi connectivity index (χ4n) is 3.74. The molecule has 3 rings (SSSR count). The molecule has 1 unspecified atom stereocenters. The third-order valence-electron chi connectivity index (χ3n) is 4.81. The second-order valence-corrected chi connectivity index (χ2v) is 6.88. The van der Waals surface area contributed by atoms with Crippen molar-refractivity contribution in [3.8, 4) is 0 Å². The normalized spacial score (nSPS) is 16.4. The average Bonchev–Trinajstić information content (AvgIpc) is 2.89. The van der Waals surface area contributed by atoms with E-state index >= 15 is 0 Å². The third kappa shape index (κ3) is 3.65. The molecule has 1 aliphatic carbocycles. The van der Waals surface area contributed by atoms with Crippen molar-refractivity contribution >= 4 is 23.4 Å². The molecule has 2 aromatic rings. The van der Waals surface area contributed by atoms with E-state index in [0.29, 0.717) is 6.54 Å². The Morgan fingerprint density at radius 3 is 2.38 bits per heavy atom. The van der Waals surface area contributed by atoms with E-state index in [0.717, 1.165) is 29.4 Å². The van der Waals surface area contributed by atoms with E-state index in [1.54, 1.807) is 4.57 Å². The summed E-state index contributed by atoms with van der Waals surface area (Å²) >= 11 is 0. The molecule has 6 heteroatoms. The number of rotatable bonds is 6. The zero-order chi connectivity index (χ0) is 18.0. The van der Waals surface area contributed by atoms with Crippen LogP contribution < -0.4 is 11.0 Å². The Hall–Kier alpha value is -1.82. The number of hydrogen-bond acceptors (Lipinski definition) is 3.